The molecule has 1 fully saturated rings. The van der Waals surface area contributed by atoms with Gasteiger partial charge in [-0.25, -0.2) is 0 Å². The van der Waals surface area contributed by atoms with Gasteiger partial charge in [0.2, 0.25) is 5.91 Å². The summed E-state index contributed by atoms with van der Waals surface area (Å²) in [4.78, 5) is 45.5. The predicted octanol–water partition coefficient (Wildman–Crippen LogP) is 12.6. The van der Waals surface area contributed by atoms with E-state index in [0.717, 1.165) is 57.9 Å². The first-order valence-electron chi connectivity index (χ1n) is 25.2. The Bertz CT molecular complexity index is 986. The van der Waals surface area contributed by atoms with E-state index in [1.54, 1.807) is 0 Å². The van der Waals surface area contributed by atoms with Crippen LogP contribution in [0, 0.1) is 11.8 Å². The summed E-state index contributed by atoms with van der Waals surface area (Å²) >= 11 is 0. The van der Waals surface area contributed by atoms with E-state index >= 15 is 0 Å². The third-order valence-electron chi connectivity index (χ3n) is 12.5. The molecular weight excluding hydrogens is 723 g/mol. The van der Waals surface area contributed by atoms with Gasteiger partial charge in [0.15, 0.2) is 5.54 Å². The molecule has 1 N–H and O–H groups in total. The minimum Gasteiger partial charge on any atom is -0.465 e. The fourth-order valence-electron chi connectivity index (χ4n) is 8.52. The highest BCUT2D eigenvalue weighted by molar-refractivity contribution is 5.93. The van der Waals surface area contributed by atoms with Crippen LogP contribution in [0.15, 0.2) is 0 Å². The smallest absolute Gasteiger partial charge is 0.305 e. The number of unbranched alkanes of at least 4 members (excludes halogenated alkanes) is 21. The zero-order chi connectivity index (χ0) is 42.5. The second-order valence-corrected chi connectivity index (χ2v) is 18.4. The first-order chi connectivity index (χ1) is 28.2. The fraction of sp³-hybridized carbons (Fsp3) is 0.940. The molecule has 0 aliphatic carbocycles. The minimum atomic E-state index is -0.953. The summed E-state index contributed by atoms with van der Waals surface area (Å²) in [6, 6.07) is 0. The van der Waals surface area contributed by atoms with Crippen LogP contribution in [-0.2, 0) is 23.9 Å². The Kier molecular flexibility index (Phi) is 34.8. The predicted molar refractivity (Wildman–Crippen MR) is 245 cm³/mol. The number of nitrogens with one attached hydrogen (secondary N) is 1. The van der Waals surface area contributed by atoms with Gasteiger partial charge in [-0.3, -0.25) is 14.4 Å². The topological polar surface area (TPSA) is 88.2 Å². The van der Waals surface area contributed by atoms with Crippen LogP contribution in [0.25, 0.3) is 0 Å². The Morgan fingerprint density at radius 1 is 0.569 bits per heavy atom. The zero-order valence-corrected chi connectivity index (χ0v) is 39.5. The molecule has 0 saturated carbocycles. The first kappa shape index (κ1) is 54.3. The fourth-order valence-corrected chi connectivity index (χ4v) is 8.52. The molecule has 8 heteroatoms. The Balaban J connectivity index is 2.72. The van der Waals surface area contributed by atoms with Gasteiger partial charge in [-0.15, -0.1) is 0 Å². The van der Waals surface area contributed by atoms with Crippen molar-refractivity contribution in [2.75, 3.05) is 53.6 Å². The van der Waals surface area contributed by atoms with Crippen molar-refractivity contribution in [3.05, 3.63) is 0 Å². The van der Waals surface area contributed by atoms with Crippen molar-refractivity contribution >= 4 is 17.8 Å². The molecule has 1 heterocycles. The molecule has 1 saturated heterocycles. The monoisotopic (exact) mass is 820 g/mol. The SMILES string of the molecule is CCCCCCCCCCC(CCCCCCCC)COC(=O)CCCCNC(=O)C1(N(CCCN(C)C)C(=O)C(CCCCCC)CCCCCCCC)COC1. The van der Waals surface area contributed by atoms with Gasteiger partial charge < -0.3 is 24.6 Å². The second-order valence-electron chi connectivity index (χ2n) is 18.4. The average Bonchev–Trinajstić information content (AvgIpc) is 3.19. The van der Waals surface area contributed by atoms with E-state index in [1.807, 2.05) is 4.90 Å². The molecule has 2 unspecified atom stereocenters. The number of ether oxygens (including phenoxy) is 2. The lowest BCUT2D eigenvalue weighted by Crippen LogP contribution is -2.72. The number of hydrogen-bond acceptors (Lipinski definition) is 6. The maximum atomic E-state index is 14.5. The molecule has 0 spiro atoms. The Hall–Kier alpha value is -1.67. The lowest BCUT2D eigenvalue weighted by atomic mass is 9.87. The van der Waals surface area contributed by atoms with Crippen molar-refractivity contribution in [3.63, 3.8) is 0 Å². The number of rotatable bonds is 42. The summed E-state index contributed by atoms with van der Waals surface area (Å²) in [6.45, 7) is 11.9. The normalized spacial score (nSPS) is 14.6. The van der Waals surface area contributed by atoms with E-state index in [1.165, 1.54) is 135 Å². The van der Waals surface area contributed by atoms with Gasteiger partial charge in [-0.1, -0.05) is 182 Å². The van der Waals surface area contributed by atoms with Crippen LogP contribution >= 0.6 is 0 Å². The molecule has 8 nitrogen and oxygen atoms in total. The molecule has 0 aromatic rings. The third kappa shape index (κ3) is 25.8. The maximum Gasteiger partial charge on any atom is 0.305 e. The quantitative estimate of drug-likeness (QED) is 0.0487. The van der Waals surface area contributed by atoms with E-state index < -0.39 is 5.54 Å². The van der Waals surface area contributed by atoms with Crippen molar-refractivity contribution in [1.82, 2.24) is 15.1 Å². The van der Waals surface area contributed by atoms with Gasteiger partial charge in [-0.2, -0.15) is 0 Å². The molecule has 342 valence electrons. The largest absolute Gasteiger partial charge is 0.465 e. The number of carbonyl (C=O) groups is 3. The number of nitrogens with zero attached hydrogens (tertiary/aromatic N) is 2. The van der Waals surface area contributed by atoms with Crippen molar-refractivity contribution in [1.29, 1.82) is 0 Å². The van der Waals surface area contributed by atoms with E-state index in [4.69, 9.17) is 9.47 Å². The standard InChI is InChI=1S/C50H97N3O5/c1-7-11-15-19-22-23-25-28-35-45(34-27-24-20-16-12-8-2)42-58-47(54)38-31-32-39-51-49(56)50(43-57-44-50)53(41-33-40-52(5)6)48(55)46(36-29-18-14-10-4)37-30-26-21-17-13-9-3/h45-46H,7-44H2,1-6H3,(H,51,56). The van der Waals surface area contributed by atoms with Gasteiger partial charge in [0.25, 0.3) is 5.91 Å². The van der Waals surface area contributed by atoms with Crippen LogP contribution in [-0.4, -0.2) is 86.7 Å². The van der Waals surface area contributed by atoms with E-state index in [0.29, 0.717) is 44.9 Å². The lowest BCUT2D eigenvalue weighted by Gasteiger charge is -2.49. The van der Waals surface area contributed by atoms with Crippen molar-refractivity contribution in [2.45, 2.75) is 239 Å². The summed E-state index contributed by atoms with van der Waals surface area (Å²) in [6.07, 6.45) is 36.8. The average molecular weight is 820 g/mol. The highest BCUT2D eigenvalue weighted by atomic mass is 16.5. The molecule has 58 heavy (non-hydrogen) atoms. The summed E-state index contributed by atoms with van der Waals surface area (Å²) in [5.74, 6) is 0.321. The highest BCUT2D eigenvalue weighted by Crippen LogP contribution is 2.31. The zero-order valence-electron chi connectivity index (χ0n) is 39.5. The summed E-state index contributed by atoms with van der Waals surface area (Å²) < 4.78 is 11.6. The Morgan fingerprint density at radius 3 is 1.47 bits per heavy atom. The van der Waals surface area contributed by atoms with Crippen LogP contribution in [0.5, 0.6) is 0 Å². The molecule has 0 radical (unpaired) electrons. The molecule has 0 aromatic carbocycles. The lowest BCUT2D eigenvalue weighted by molar-refractivity contribution is -0.182. The molecule has 0 bridgehead atoms. The molecular formula is C50H97N3O5. The van der Waals surface area contributed by atoms with Gasteiger partial charge in [0.05, 0.1) is 19.8 Å². The summed E-state index contributed by atoms with van der Waals surface area (Å²) in [5, 5.41) is 3.17. The van der Waals surface area contributed by atoms with E-state index in [9.17, 15) is 14.4 Å². The van der Waals surface area contributed by atoms with Crippen LogP contribution in [0.2, 0.25) is 0 Å². The first-order valence-corrected chi connectivity index (χ1v) is 25.2. The minimum absolute atomic E-state index is 0.0515. The second kappa shape index (κ2) is 37.1. The molecule has 1 aliphatic heterocycles. The summed E-state index contributed by atoms with van der Waals surface area (Å²) in [5.41, 5.74) is -0.953. The number of amides is 2. The van der Waals surface area contributed by atoms with Crippen LogP contribution < -0.4 is 5.32 Å². The maximum absolute atomic E-state index is 14.5. The van der Waals surface area contributed by atoms with Gasteiger partial charge in [-0.05, 0) is 71.5 Å². The van der Waals surface area contributed by atoms with E-state index in [-0.39, 0.29) is 36.9 Å². The van der Waals surface area contributed by atoms with Crippen LogP contribution in [0.3, 0.4) is 0 Å². The third-order valence-corrected chi connectivity index (χ3v) is 12.5. The number of esters is 1. The Morgan fingerprint density at radius 2 is 1.02 bits per heavy atom. The van der Waals surface area contributed by atoms with Gasteiger partial charge in [0.1, 0.15) is 0 Å². The van der Waals surface area contributed by atoms with Gasteiger partial charge >= 0.3 is 5.97 Å². The Labute approximate surface area is 359 Å². The van der Waals surface area contributed by atoms with E-state index in [2.05, 4.69) is 52.0 Å². The molecule has 0 aromatic heterocycles. The van der Waals surface area contributed by atoms with Crippen molar-refractivity contribution in [2.24, 2.45) is 11.8 Å². The summed E-state index contributed by atoms with van der Waals surface area (Å²) in [7, 11) is 4.11. The van der Waals surface area contributed by atoms with Gasteiger partial charge in [0, 0.05) is 25.4 Å². The molecule has 2 atom stereocenters. The molecule has 2 amide bonds. The van der Waals surface area contributed by atoms with Crippen molar-refractivity contribution < 1.29 is 23.9 Å². The molecule has 1 aliphatic rings. The van der Waals surface area contributed by atoms with Crippen molar-refractivity contribution in [3.8, 4) is 0 Å². The highest BCUT2D eigenvalue weighted by Gasteiger charge is 2.53. The molecule has 1 rings (SSSR count). The van der Waals surface area contributed by atoms with Crippen LogP contribution in [0.1, 0.15) is 233 Å². The van der Waals surface area contributed by atoms with Crippen LogP contribution in [0.4, 0.5) is 0 Å². The number of carbonyl (C=O) groups excluding carboxylic acids is 3. The number of hydrogen-bond donors (Lipinski definition) is 1.